The number of carbonyl (C=O) groups excluding carboxylic acids is 1. The Morgan fingerprint density at radius 3 is 2.45 bits per heavy atom. The van der Waals surface area contributed by atoms with Gasteiger partial charge in [-0.15, -0.1) is 0 Å². The summed E-state index contributed by atoms with van der Waals surface area (Å²) >= 11 is 0. The monoisotopic (exact) mass is 292 g/mol. The first-order valence-electron chi connectivity index (χ1n) is 7.07. The Kier molecular flexibility index (Phi) is 4.30. The van der Waals surface area contributed by atoms with Gasteiger partial charge in [0.15, 0.2) is 0 Å². The van der Waals surface area contributed by atoms with Crippen molar-refractivity contribution in [1.29, 1.82) is 0 Å². The minimum Gasteiger partial charge on any atom is -0.472 e. The number of hydrogen-bond donors (Lipinski definition) is 0. The number of carbonyl (C=O) groups is 1. The fourth-order valence-electron chi connectivity index (χ4n) is 2.28. The zero-order chi connectivity index (χ0) is 15.2. The summed E-state index contributed by atoms with van der Waals surface area (Å²) in [6.45, 7) is 1.05. The summed E-state index contributed by atoms with van der Waals surface area (Å²) < 4.78 is 5.03. The first-order chi connectivity index (χ1) is 10.8. The number of nitrogens with zero attached hydrogens (tertiary/aromatic N) is 2. The summed E-state index contributed by atoms with van der Waals surface area (Å²) in [5.41, 5.74) is 2.64. The van der Waals surface area contributed by atoms with Crippen LogP contribution >= 0.6 is 0 Å². The van der Waals surface area contributed by atoms with E-state index in [4.69, 9.17) is 4.42 Å². The third-order valence-corrected chi connectivity index (χ3v) is 3.37. The molecule has 0 saturated heterocycles. The van der Waals surface area contributed by atoms with Gasteiger partial charge >= 0.3 is 0 Å². The summed E-state index contributed by atoms with van der Waals surface area (Å²) in [5, 5.41) is 0. The summed E-state index contributed by atoms with van der Waals surface area (Å²) in [4.78, 5) is 18.6. The molecule has 1 amide bonds. The maximum atomic E-state index is 12.7. The third-order valence-electron chi connectivity index (χ3n) is 3.37. The molecule has 110 valence electrons. The van der Waals surface area contributed by atoms with Gasteiger partial charge in [-0.05, 0) is 23.3 Å². The second-order valence-corrected chi connectivity index (χ2v) is 5.02. The topological polar surface area (TPSA) is 46.3 Å². The molecule has 0 aliphatic carbocycles. The van der Waals surface area contributed by atoms with Crippen LogP contribution in [0.5, 0.6) is 0 Å². The van der Waals surface area contributed by atoms with Gasteiger partial charge in [-0.2, -0.15) is 0 Å². The maximum Gasteiger partial charge on any atom is 0.257 e. The molecule has 22 heavy (non-hydrogen) atoms. The Morgan fingerprint density at radius 1 is 1.00 bits per heavy atom. The Labute approximate surface area is 129 Å². The zero-order valence-corrected chi connectivity index (χ0v) is 12.1. The average molecular weight is 292 g/mol. The molecule has 0 fully saturated rings. The highest BCUT2D eigenvalue weighted by atomic mass is 16.3. The van der Waals surface area contributed by atoms with Crippen molar-refractivity contribution >= 4 is 5.91 Å². The van der Waals surface area contributed by atoms with Crippen LogP contribution in [0.15, 0.2) is 77.9 Å². The second-order valence-electron chi connectivity index (χ2n) is 5.02. The van der Waals surface area contributed by atoms with E-state index in [-0.39, 0.29) is 5.91 Å². The molecule has 0 aliphatic heterocycles. The SMILES string of the molecule is O=C(c1ccoc1)N(Cc1ccccc1)Cc1cccnc1. The van der Waals surface area contributed by atoms with E-state index in [1.165, 1.54) is 12.5 Å². The molecule has 0 bridgehead atoms. The molecule has 0 N–H and O–H groups in total. The van der Waals surface area contributed by atoms with Gasteiger partial charge in [0, 0.05) is 25.5 Å². The van der Waals surface area contributed by atoms with Crippen molar-refractivity contribution in [2.45, 2.75) is 13.1 Å². The molecule has 0 aliphatic rings. The first kappa shape index (κ1) is 14.1. The molecule has 0 spiro atoms. The third kappa shape index (κ3) is 3.41. The Bertz CT molecular complexity index is 668. The molecule has 0 radical (unpaired) electrons. The van der Waals surface area contributed by atoms with E-state index in [1.54, 1.807) is 23.4 Å². The van der Waals surface area contributed by atoms with Gasteiger partial charge < -0.3 is 9.32 Å². The van der Waals surface area contributed by atoms with Gasteiger partial charge in [-0.25, -0.2) is 0 Å². The van der Waals surface area contributed by atoms with Crippen LogP contribution < -0.4 is 0 Å². The van der Waals surface area contributed by atoms with E-state index >= 15 is 0 Å². The minimum atomic E-state index is -0.0542. The zero-order valence-electron chi connectivity index (χ0n) is 12.1. The number of hydrogen-bond acceptors (Lipinski definition) is 3. The molecule has 3 rings (SSSR count). The van der Waals surface area contributed by atoms with Crippen LogP contribution in [0.2, 0.25) is 0 Å². The maximum absolute atomic E-state index is 12.7. The van der Waals surface area contributed by atoms with Crippen molar-refractivity contribution in [3.8, 4) is 0 Å². The van der Waals surface area contributed by atoms with Crippen LogP contribution in [0.1, 0.15) is 21.5 Å². The van der Waals surface area contributed by atoms with Gasteiger partial charge in [0.25, 0.3) is 5.91 Å². The Hall–Kier alpha value is -2.88. The highest BCUT2D eigenvalue weighted by Crippen LogP contribution is 2.14. The van der Waals surface area contributed by atoms with E-state index in [0.717, 1.165) is 11.1 Å². The van der Waals surface area contributed by atoms with Crippen LogP contribution in [0, 0.1) is 0 Å². The smallest absolute Gasteiger partial charge is 0.257 e. The highest BCUT2D eigenvalue weighted by molar-refractivity contribution is 5.93. The molecule has 0 saturated carbocycles. The van der Waals surface area contributed by atoms with Gasteiger partial charge in [-0.3, -0.25) is 9.78 Å². The molecule has 0 atom stereocenters. The molecule has 2 heterocycles. The van der Waals surface area contributed by atoms with E-state index < -0.39 is 0 Å². The predicted molar refractivity (Wildman–Crippen MR) is 83.0 cm³/mol. The lowest BCUT2D eigenvalue weighted by Crippen LogP contribution is -2.29. The van der Waals surface area contributed by atoms with Crippen LogP contribution in [-0.2, 0) is 13.1 Å². The fourth-order valence-corrected chi connectivity index (χ4v) is 2.28. The summed E-state index contributed by atoms with van der Waals surface area (Å²) in [5.74, 6) is -0.0542. The molecular weight excluding hydrogens is 276 g/mol. The van der Waals surface area contributed by atoms with Crippen LogP contribution in [0.25, 0.3) is 0 Å². The van der Waals surface area contributed by atoms with E-state index in [0.29, 0.717) is 18.7 Å². The van der Waals surface area contributed by atoms with Gasteiger partial charge in [0.05, 0.1) is 11.8 Å². The number of furan rings is 1. The lowest BCUT2D eigenvalue weighted by molar-refractivity contribution is 0.0729. The Morgan fingerprint density at radius 2 is 1.77 bits per heavy atom. The first-order valence-corrected chi connectivity index (χ1v) is 7.07. The number of pyridine rings is 1. The number of amides is 1. The van der Waals surface area contributed by atoms with Crippen molar-refractivity contribution in [2.24, 2.45) is 0 Å². The highest BCUT2D eigenvalue weighted by Gasteiger charge is 2.17. The number of rotatable bonds is 5. The van der Waals surface area contributed by atoms with Crippen molar-refractivity contribution in [1.82, 2.24) is 9.88 Å². The average Bonchev–Trinajstić information content (AvgIpc) is 3.10. The summed E-state index contributed by atoms with van der Waals surface area (Å²) in [6, 6.07) is 15.5. The second kappa shape index (κ2) is 6.72. The van der Waals surface area contributed by atoms with Crippen LogP contribution in [-0.4, -0.2) is 15.8 Å². The van der Waals surface area contributed by atoms with Crippen LogP contribution in [0.3, 0.4) is 0 Å². The lowest BCUT2D eigenvalue weighted by Gasteiger charge is -2.22. The van der Waals surface area contributed by atoms with E-state index in [9.17, 15) is 4.79 Å². The van der Waals surface area contributed by atoms with Crippen molar-refractivity contribution < 1.29 is 9.21 Å². The van der Waals surface area contributed by atoms with Gasteiger partial charge in [0.2, 0.25) is 0 Å². The van der Waals surface area contributed by atoms with Crippen molar-refractivity contribution in [2.75, 3.05) is 0 Å². The summed E-state index contributed by atoms with van der Waals surface area (Å²) in [7, 11) is 0. The Balaban J connectivity index is 1.83. The van der Waals surface area contributed by atoms with Gasteiger partial charge in [0.1, 0.15) is 6.26 Å². The van der Waals surface area contributed by atoms with Crippen molar-refractivity contribution in [3.05, 3.63) is 90.1 Å². The molecule has 0 unspecified atom stereocenters. The number of aromatic nitrogens is 1. The van der Waals surface area contributed by atoms with E-state index in [1.807, 2.05) is 42.5 Å². The number of benzene rings is 1. The minimum absolute atomic E-state index is 0.0542. The fraction of sp³-hybridized carbons (Fsp3) is 0.111. The van der Waals surface area contributed by atoms with E-state index in [2.05, 4.69) is 4.98 Å². The molecule has 4 heteroatoms. The predicted octanol–water partition coefficient (Wildman–Crippen LogP) is 3.52. The molecule has 1 aromatic carbocycles. The molecule has 2 aromatic heterocycles. The largest absolute Gasteiger partial charge is 0.472 e. The van der Waals surface area contributed by atoms with Gasteiger partial charge in [-0.1, -0.05) is 36.4 Å². The normalized spacial score (nSPS) is 10.4. The van der Waals surface area contributed by atoms with Crippen LogP contribution in [0.4, 0.5) is 0 Å². The molecule has 4 nitrogen and oxygen atoms in total. The summed E-state index contributed by atoms with van der Waals surface area (Å²) in [6.07, 6.45) is 6.49. The standard InChI is InChI=1S/C18H16N2O2/c21-18(17-8-10-22-14-17)20(12-15-5-2-1-3-6-15)13-16-7-4-9-19-11-16/h1-11,14H,12-13H2. The quantitative estimate of drug-likeness (QED) is 0.723. The molecular formula is C18H16N2O2. The molecule has 3 aromatic rings. The lowest BCUT2D eigenvalue weighted by atomic mass is 10.1. The van der Waals surface area contributed by atoms with Crippen molar-refractivity contribution in [3.63, 3.8) is 0 Å².